The summed E-state index contributed by atoms with van der Waals surface area (Å²) < 4.78 is 11.7. The quantitative estimate of drug-likeness (QED) is 0.873. The Labute approximate surface area is 127 Å². The second-order valence-corrected chi connectivity index (χ2v) is 6.37. The van der Waals surface area contributed by atoms with Crippen LogP contribution < -0.4 is 0 Å². The minimum Gasteiger partial charge on any atom is -0.377 e. The van der Waals surface area contributed by atoms with E-state index in [0.29, 0.717) is 0 Å². The molecule has 5 nitrogen and oxygen atoms in total. The Kier molecular flexibility index (Phi) is 4.62. The Morgan fingerprint density at radius 1 is 1.57 bits per heavy atom. The molecule has 0 unspecified atom stereocenters. The zero-order valence-electron chi connectivity index (χ0n) is 13.2. The van der Waals surface area contributed by atoms with Gasteiger partial charge in [-0.3, -0.25) is 4.90 Å². The van der Waals surface area contributed by atoms with E-state index in [1.54, 1.807) is 7.11 Å². The third-order valence-corrected chi connectivity index (χ3v) is 4.76. The predicted molar refractivity (Wildman–Crippen MR) is 81.2 cm³/mol. The summed E-state index contributed by atoms with van der Waals surface area (Å²) in [7, 11) is 1.80. The Balaban J connectivity index is 1.59. The number of unbranched alkanes of at least 4 members (excludes halogenated alkanes) is 1. The van der Waals surface area contributed by atoms with E-state index in [-0.39, 0.29) is 11.7 Å². The van der Waals surface area contributed by atoms with Crippen molar-refractivity contribution in [1.29, 1.82) is 0 Å². The molecule has 2 aliphatic rings. The SMILES string of the molecule is CCCCc1ncc(CN2C[C@H](OC)[C@]3(CCCO3)C2)[nH]1. The van der Waals surface area contributed by atoms with Crippen molar-refractivity contribution in [3.63, 3.8) is 0 Å². The van der Waals surface area contributed by atoms with Gasteiger partial charge in [-0.2, -0.15) is 0 Å². The fraction of sp³-hybridized carbons (Fsp3) is 0.812. The standard InChI is InChI=1S/C16H27N3O2/c1-3-4-6-15-17-9-13(18-15)10-19-11-14(20-2)16(12-19)7-5-8-21-16/h9,14H,3-8,10-12H2,1-2H3,(H,17,18)/t14-,16-/m0/s1. The van der Waals surface area contributed by atoms with E-state index in [4.69, 9.17) is 9.47 Å². The third-order valence-electron chi connectivity index (χ3n) is 4.76. The summed E-state index contributed by atoms with van der Waals surface area (Å²) in [4.78, 5) is 10.4. The molecule has 2 fully saturated rings. The molecule has 1 spiro atoms. The summed E-state index contributed by atoms with van der Waals surface area (Å²) in [5, 5.41) is 0. The largest absolute Gasteiger partial charge is 0.377 e. The molecule has 0 amide bonds. The summed E-state index contributed by atoms with van der Waals surface area (Å²) >= 11 is 0. The zero-order chi connectivity index (χ0) is 14.7. The molecule has 21 heavy (non-hydrogen) atoms. The number of imidazole rings is 1. The molecule has 3 rings (SSSR count). The number of rotatable bonds is 6. The molecule has 3 heterocycles. The van der Waals surface area contributed by atoms with Crippen LogP contribution in [0.15, 0.2) is 6.20 Å². The molecule has 0 bridgehead atoms. The Morgan fingerprint density at radius 3 is 3.19 bits per heavy atom. The number of aryl methyl sites for hydroxylation is 1. The molecule has 118 valence electrons. The monoisotopic (exact) mass is 293 g/mol. The van der Waals surface area contributed by atoms with E-state index >= 15 is 0 Å². The fourth-order valence-electron chi connectivity index (χ4n) is 3.65. The van der Waals surface area contributed by atoms with Crippen LogP contribution in [0.4, 0.5) is 0 Å². The fourth-order valence-corrected chi connectivity index (χ4v) is 3.65. The maximum absolute atomic E-state index is 6.04. The van der Waals surface area contributed by atoms with Crippen LogP contribution in [0, 0.1) is 0 Å². The van der Waals surface area contributed by atoms with Crippen molar-refractivity contribution in [3.05, 3.63) is 17.7 Å². The predicted octanol–water partition coefficient (Wildman–Crippen LogP) is 2.13. The molecular formula is C16H27N3O2. The molecule has 0 radical (unpaired) electrons. The number of nitrogens with one attached hydrogen (secondary N) is 1. The minimum atomic E-state index is -0.0696. The van der Waals surface area contributed by atoms with Crippen LogP contribution in [0.5, 0.6) is 0 Å². The Morgan fingerprint density at radius 2 is 2.48 bits per heavy atom. The van der Waals surface area contributed by atoms with Crippen LogP contribution in [0.2, 0.25) is 0 Å². The molecule has 2 aliphatic heterocycles. The van der Waals surface area contributed by atoms with Gasteiger partial charge in [-0.15, -0.1) is 0 Å². The van der Waals surface area contributed by atoms with Crippen molar-refractivity contribution in [1.82, 2.24) is 14.9 Å². The molecule has 0 aliphatic carbocycles. The van der Waals surface area contributed by atoms with Gasteiger partial charge in [0.1, 0.15) is 11.4 Å². The summed E-state index contributed by atoms with van der Waals surface area (Å²) in [5.41, 5.74) is 1.13. The van der Waals surface area contributed by atoms with Crippen LogP contribution in [-0.4, -0.2) is 53.4 Å². The topological polar surface area (TPSA) is 50.4 Å². The molecule has 0 saturated carbocycles. The first kappa shape index (κ1) is 15.0. The van der Waals surface area contributed by atoms with Gasteiger partial charge in [-0.25, -0.2) is 4.98 Å². The Hall–Kier alpha value is -0.910. The maximum Gasteiger partial charge on any atom is 0.108 e. The van der Waals surface area contributed by atoms with Crippen molar-refractivity contribution >= 4 is 0 Å². The molecule has 0 aromatic carbocycles. The molecule has 1 N–H and O–H groups in total. The van der Waals surface area contributed by atoms with E-state index in [0.717, 1.165) is 51.3 Å². The highest BCUT2D eigenvalue weighted by Gasteiger charge is 2.49. The zero-order valence-corrected chi connectivity index (χ0v) is 13.2. The van der Waals surface area contributed by atoms with Gasteiger partial charge in [0.2, 0.25) is 0 Å². The van der Waals surface area contributed by atoms with Gasteiger partial charge in [0.15, 0.2) is 0 Å². The highest BCUT2D eigenvalue weighted by atomic mass is 16.6. The normalized spacial score (nSPS) is 29.7. The Bertz CT molecular complexity index is 454. The highest BCUT2D eigenvalue weighted by Crippen LogP contribution is 2.37. The summed E-state index contributed by atoms with van der Waals surface area (Å²) in [6.45, 7) is 5.90. The van der Waals surface area contributed by atoms with Crippen molar-refractivity contribution in [3.8, 4) is 0 Å². The van der Waals surface area contributed by atoms with E-state index in [1.165, 1.54) is 18.5 Å². The highest BCUT2D eigenvalue weighted by molar-refractivity contribution is 5.06. The van der Waals surface area contributed by atoms with Gasteiger partial charge in [0.05, 0.1) is 6.10 Å². The molecular weight excluding hydrogens is 266 g/mol. The molecule has 1 aromatic heterocycles. The molecule has 1 aromatic rings. The van der Waals surface area contributed by atoms with E-state index < -0.39 is 0 Å². The number of methoxy groups -OCH3 is 1. The number of H-pyrrole nitrogens is 1. The lowest BCUT2D eigenvalue weighted by molar-refractivity contribution is -0.0756. The molecule has 2 saturated heterocycles. The van der Waals surface area contributed by atoms with Crippen molar-refractivity contribution in [2.75, 3.05) is 26.8 Å². The minimum absolute atomic E-state index is 0.0696. The first-order chi connectivity index (χ1) is 10.3. The van der Waals surface area contributed by atoms with Crippen molar-refractivity contribution < 1.29 is 9.47 Å². The van der Waals surface area contributed by atoms with Gasteiger partial charge < -0.3 is 14.5 Å². The summed E-state index contributed by atoms with van der Waals surface area (Å²) in [6, 6.07) is 0. The van der Waals surface area contributed by atoms with E-state index in [2.05, 4.69) is 21.8 Å². The third kappa shape index (κ3) is 3.15. The first-order valence-corrected chi connectivity index (χ1v) is 8.17. The number of hydrogen-bond acceptors (Lipinski definition) is 4. The van der Waals surface area contributed by atoms with Crippen LogP contribution in [0.1, 0.15) is 44.1 Å². The number of hydrogen-bond donors (Lipinski definition) is 1. The van der Waals surface area contributed by atoms with Gasteiger partial charge in [-0.05, 0) is 19.3 Å². The number of nitrogens with zero attached hydrogens (tertiary/aromatic N) is 2. The first-order valence-electron chi connectivity index (χ1n) is 8.17. The van der Waals surface area contributed by atoms with Gasteiger partial charge in [0.25, 0.3) is 0 Å². The number of aromatic nitrogens is 2. The molecule has 5 heteroatoms. The van der Waals surface area contributed by atoms with Crippen LogP contribution in [0.25, 0.3) is 0 Å². The number of likely N-dealkylation sites (tertiary alicyclic amines) is 1. The van der Waals surface area contributed by atoms with Gasteiger partial charge in [0, 0.05) is 51.7 Å². The van der Waals surface area contributed by atoms with Crippen LogP contribution >= 0.6 is 0 Å². The lowest BCUT2D eigenvalue weighted by Gasteiger charge is -2.28. The number of aromatic amines is 1. The average molecular weight is 293 g/mol. The van der Waals surface area contributed by atoms with Crippen molar-refractivity contribution in [2.24, 2.45) is 0 Å². The summed E-state index contributed by atoms with van der Waals surface area (Å²) in [5.74, 6) is 1.11. The second kappa shape index (κ2) is 6.46. The smallest absolute Gasteiger partial charge is 0.108 e. The lowest BCUT2D eigenvalue weighted by atomic mass is 9.97. The second-order valence-electron chi connectivity index (χ2n) is 6.37. The lowest BCUT2D eigenvalue weighted by Crippen LogP contribution is -2.41. The van der Waals surface area contributed by atoms with Crippen LogP contribution in [0.3, 0.4) is 0 Å². The van der Waals surface area contributed by atoms with Gasteiger partial charge in [-0.1, -0.05) is 13.3 Å². The van der Waals surface area contributed by atoms with E-state index in [9.17, 15) is 0 Å². The maximum atomic E-state index is 6.04. The van der Waals surface area contributed by atoms with Crippen molar-refractivity contribution in [2.45, 2.75) is 57.3 Å². The molecule has 2 atom stereocenters. The summed E-state index contributed by atoms with van der Waals surface area (Å²) in [6.07, 6.45) is 7.89. The average Bonchev–Trinajstić information content (AvgIpc) is 3.19. The van der Waals surface area contributed by atoms with Gasteiger partial charge >= 0.3 is 0 Å². The van der Waals surface area contributed by atoms with Crippen LogP contribution in [-0.2, 0) is 22.4 Å². The number of ether oxygens (including phenoxy) is 2. The van der Waals surface area contributed by atoms with E-state index in [1.807, 2.05) is 6.20 Å².